The summed E-state index contributed by atoms with van der Waals surface area (Å²) in [5.74, 6) is -1.26. The standard InChI is InChI=1S/C70H104F2N16O7/c1-48(73-4)66(93)81-65(50-14-6-5-7-15-50)68(95)88-44-52(40-58(88)67(94)80-56-18-10-16-49-13-8-9-17-53(49)56)79-63(91)20-19-61(89)76-28-12-29-83-35-37-84(38-36-83)30-21-62(90)75-27-11-26-74-59-42-60(78-47-77-59)86-33-24-70(25-34-86)46-87(45-64(92)82-70)57-41-54(71)51(39-55(57)72)43-85-31-22-69(2,3)23-32-85/h8-9,13,17,39,41-42,47-48,50,52,56,58,65,73H,5-7,10-12,14-16,18-38,40,43-46H2,1-4H3,(H,75,90)(H,76,89)(H,79,91)(H,80,94)(H,81,93)(H,82,92)(H,74,77,78)/t48-,52-,56?,58-,65-/m0/s1. The number of anilines is 3. The molecule has 1 unspecified atom stereocenters. The first-order valence-electron chi connectivity index (χ1n) is 35.3. The number of nitrogens with zero attached hydrogens (tertiary/aromatic N) is 8. The van der Waals surface area contributed by atoms with Crippen LogP contribution in [0.3, 0.4) is 0 Å². The maximum Gasteiger partial charge on any atom is 0.246 e. The molecule has 7 amide bonds. The predicted octanol–water partition coefficient (Wildman–Crippen LogP) is 4.52. The number of nitrogens with one attached hydrogen (secondary N) is 8. The lowest BCUT2D eigenvalue weighted by atomic mass is 9.82. The lowest BCUT2D eigenvalue weighted by Crippen LogP contribution is -2.66. The first-order chi connectivity index (χ1) is 45.8. The second kappa shape index (κ2) is 33.2. The molecular formula is C70H104F2N16O7. The van der Waals surface area contributed by atoms with Crippen molar-refractivity contribution in [2.45, 2.75) is 179 Å². The smallest absolute Gasteiger partial charge is 0.246 e. The van der Waals surface area contributed by atoms with Crippen molar-refractivity contribution in [3.63, 3.8) is 0 Å². The molecule has 23 nitrogen and oxygen atoms in total. The molecule has 0 bridgehead atoms. The normalized spacial score (nSPS) is 22.4. The fourth-order valence-corrected chi connectivity index (χ4v) is 15.0. The minimum absolute atomic E-state index is 0.000532. The number of likely N-dealkylation sites (tertiary alicyclic amines) is 2. The van der Waals surface area contributed by atoms with E-state index in [-0.39, 0.29) is 96.8 Å². The number of amides is 7. The Bertz CT molecular complexity index is 3130. The third kappa shape index (κ3) is 19.6. The molecule has 7 aliphatic rings. The summed E-state index contributed by atoms with van der Waals surface area (Å²) >= 11 is 0. The highest BCUT2D eigenvalue weighted by molar-refractivity contribution is 5.94. The number of benzene rings is 2. The molecule has 6 heterocycles. The minimum Gasteiger partial charge on any atom is -0.370 e. The maximum atomic E-state index is 15.7. The Morgan fingerprint density at radius 2 is 1.43 bits per heavy atom. The summed E-state index contributed by atoms with van der Waals surface area (Å²) in [7, 11) is 1.70. The average molecular weight is 1320 g/mol. The van der Waals surface area contributed by atoms with Crippen molar-refractivity contribution in [2.75, 3.05) is 127 Å². The Kier molecular flexibility index (Phi) is 24.7. The predicted molar refractivity (Wildman–Crippen MR) is 361 cm³/mol. The quantitative estimate of drug-likeness (QED) is 0.0488. The molecule has 1 aromatic heterocycles. The van der Waals surface area contributed by atoms with Crippen LogP contribution in [0.1, 0.15) is 153 Å². The van der Waals surface area contributed by atoms with Gasteiger partial charge in [0.05, 0.1) is 29.9 Å². The number of carbonyl (C=O) groups is 7. The molecule has 6 fully saturated rings. The fraction of sp³-hybridized carbons (Fsp3) is 0.671. The summed E-state index contributed by atoms with van der Waals surface area (Å²) in [6, 6.07) is 9.69. The number of fused-ring (bicyclic) bond motifs is 1. The van der Waals surface area contributed by atoms with Crippen LogP contribution in [0, 0.1) is 23.0 Å². The van der Waals surface area contributed by atoms with E-state index in [0.29, 0.717) is 89.4 Å². The van der Waals surface area contributed by atoms with Gasteiger partial charge in [-0.05, 0) is 139 Å². The summed E-state index contributed by atoms with van der Waals surface area (Å²) < 4.78 is 31.3. The van der Waals surface area contributed by atoms with Gasteiger partial charge in [-0.2, -0.15) is 0 Å². The van der Waals surface area contributed by atoms with E-state index in [9.17, 15) is 33.6 Å². The van der Waals surface area contributed by atoms with Crippen molar-refractivity contribution in [1.29, 1.82) is 0 Å². The van der Waals surface area contributed by atoms with Crippen LogP contribution >= 0.6 is 0 Å². The third-order valence-electron chi connectivity index (χ3n) is 21.1. The maximum absolute atomic E-state index is 15.7. The largest absolute Gasteiger partial charge is 0.370 e. The highest BCUT2D eigenvalue weighted by Crippen LogP contribution is 2.36. The molecule has 5 atom stereocenters. The summed E-state index contributed by atoms with van der Waals surface area (Å²) in [6.45, 7) is 16.4. The second-order valence-corrected chi connectivity index (χ2v) is 28.6. The Morgan fingerprint density at radius 1 is 0.726 bits per heavy atom. The van der Waals surface area contributed by atoms with Crippen LogP contribution in [0.4, 0.5) is 26.1 Å². The molecule has 3 aromatic rings. The van der Waals surface area contributed by atoms with Gasteiger partial charge in [0.1, 0.15) is 41.7 Å². The van der Waals surface area contributed by atoms with E-state index in [1.54, 1.807) is 23.8 Å². The Morgan fingerprint density at radius 3 is 2.18 bits per heavy atom. The molecule has 10 rings (SSSR count). The number of halogens is 2. The molecule has 95 heavy (non-hydrogen) atoms. The van der Waals surface area contributed by atoms with Gasteiger partial charge < -0.3 is 67.0 Å². The van der Waals surface area contributed by atoms with E-state index >= 15 is 8.78 Å². The summed E-state index contributed by atoms with van der Waals surface area (Å²) in [4.78, 5) is 116. The van der Waals surface area contributed by atoms with Crippen molar-refractivity contribution in [3.05, 3.63) is 77.1 Å². The number of carbonyl (C=O) groups excluding carboxylic acids is 7. The molecular weight excluding hydrogens is 1210 g/mol. The molecule has 520 valence electrons. The van der Waals surface area contributed by atoms with Crippen LogP contribution in [0.5, 0.6) is 0 Å². The van der Waals surface area contributed by atoms with Crippen LogP contribution in [0.15, 0.2) is 48.8 Å². The number of piperidine rings is 2. The van der Waals surface area contributed by atoms with Crippen LogP contribution in [0.25, 0.3) is 0 Å². The van der Waals surface area contributed by atoms with Crippen molar-refractivity contribution in [1.82, 2.24) is 66.8 Å². The molecule has 8 N–H and O–H groups in total. The van der Waals surface area contributed by atoms with E-state index in [0.717, 1.165) is 128 Å². The fourth-order valence-electron chi connectivity index (χ4n) is 15.0. The zero-order valence-electron chi connectivity index (χ0n) is 56.5. The number of rotatable bonds is 27. The van der Waals surface area contributed by atoms with Crippen LogP contribution in [0.2, 0.25) is 0 Å². The number of piperazine rings is 2. The third-order valence-corrected chi connectivity index (χ3v) is 21.1. The molecule has 25 heteroatoms. The number of hydrogen-bond donors (Lipinski definition) is 8. The highest BCUT2D eigenvalue weighted by Gasteiger charge is 2.46. The monoisotopic (exact) mass is 1320 g/mol. The summed E-state index contributed by atoms with van der Waals surface area (Å²) in [5, 5.41) is 24.9. The Hall–Kier alpha value is -7.09. The van der Waals surface area contributed by atoms with Crippen LogP contribution < -0.4 is 52.3 Å². The lowest BCUT2D eigenvalue weighted by Gasteiger charge is -2.48. The minimum atomic E-state index is -0.855. The number of aromatic nitrogens is 2. The molecule has 5 saturated heterocycles. The molecule has 0 radical (unpaired) electrons. The first-order valence-corrected chi connectivity index (χ1v) is 35.3. The second-order valence-electron chi connectivity index (χ2n) is 28.6. The first kappa shape index (κ1) is 70.7. The summed E-state index contributed by atoms with van der Waals surface area (Å²) in [5.41, 5.74) is 2.40. The van der Waals surface area contributed by atoms with Gasteiger partial charge in [-0.3, -0.25) is 38.5 Å². The van der Waals surface area contributed by atoms with E-state index in [2.05, 4.69) is 92.0 Å². The molecule has 2 aliphatic carbocycles. The van der Waals surface area contributed by atoms with E-state index in [4.69, 9.17) is 0 Å². The van der Waals surface area contributed by atoms with Crippen molar-refractivity contribution < 1.29 is 42.3 Å². The van der Waals surface area contributed by atoms with Gasteiger partial charge in [0.2, 0.25) is 41.4 Å². The van der Waals surface area contributed by atoms with E-state index in [1.165, 1.54) is 24.0 Å². The van der Waals surface area contributed by atoms with Gasteiger partial charge in [0.15, 0.2) is 0 Å². The Labute approximate surface area is 559 Å². The summed E-state index contributed by atoms with van der Waals surface area (Å²) in [6.07, 6.45) is 14.0. The topological polar surface area (TPSA) is 261 Å². The number of likely N-dealkylation sites (N-methyl/N-ethyl adjacent to an activating group) is 1. The zero-order chi connectivity index (χ0) is 67.1. The van der Waals surface area contributed by atoms with Crippen LogP contribution in [-0.4, -0.2) is 212 Å². The van der Waals surface area contributed by atoms with E-state index < -0.39 is 41.3 Å². The van der Waals surface area contributed by atoms with Gasteiger partial charge in [-0.25, -0.2) is 18.7 Å². The Balaban J connectivity index is 0.580. The van der Waals surface area contributed by atoms with Gasteiger partial charge in [0.25, 0.3) is 0 Å². The zero-order valence-corrected chi connectivity index (χ0v) is 56.5. The highest BCUT2D eigenvalue weighted by atomic mass is 19.1. The van der Waals surface area contributed by atoms with Crippen molar-refractivity contribution >= 4 is 58.7 Å². The SMILES string of the molecule is CN[C@@H](C)C(=O)N[C@H](C(=O)N1C[C@@H](NC(=O)CCC(=O)NCCCN2CCN(CCC(=O)NCCCNc3cc(N4CCC5(CC4)CN(c4cc(F)c(CN6CCC(C)(C)CC6)cc4F)CC(=O)N5)ncn3)CC2)C[C@H]1C(=O)NC1CCCc2ccccc21)C1CCCCC1. The molecule has 5 aliphatic heterocycles. The van der Waals surface area contributed by atoms with E-state index in [1.807, 2.05) is 24.3 Å². The average Bonchev–Trinajstić information content (AvgIpc) is 1.48. The number of aryl methyl sites for hydroxylation is 1. The van der Waals surface area contributed by atoms with Crippen LogP contribution in [-0.2, 0) is 46.5 Å². The lowest BCUT2D eigenvalue weighted by molar-refractivity contribution is -0.143. The molecule has 1 spiro atoms. The van der Waals surface area contributed by atoms with Gasteiger partial charge in [-0.1, -0.05) is 57.4 Å². The van der Waals surface area contributed by atoms with Crippen molar-refractivity contribution in [3.8, 4) is 0 Å². The van der Waals surface area contributed by atoms with Crippen molar-refractivity contribution in [2.24, 2.45) is 11.3 Å². The molecule has 2 aromatic carbocycles. The van der Waals surface area contributed by atoms with Gasteiger partial charge >= 0.3 is 0 Å². The van der Waals surface area contributed by atoms with Gasteiger partial charge in [0, 0.05) is 128 Å². The number of hydrogen-bond acceptors (Lipinski definition) is 16. The van der Waals surface area contributed by atoms with Gasteiger partial charge in [-0.15, -0.1) is 0 Å². The molecule has 1 saturated carbocycles.